The van der Waals surface area contributed by atoms with Gasteiger partial charge in [0.15, 0.2) is 0 Å². The molecule has 2 rings (SSSR count). The van der Waals surface area contributed by atoms with Crippen LogP contribution in [0, 0.1) is 5.92 Å². The first kappa shape index (κ1) is 13.2. The Morgan fingerprint density at radius 3 is 2.67 bits per heavy atom. The molecule has 1 heterocycles. The van der Waals surface area contributed by atoms with Gasteiger partial charge in [-0.25, -0.2) is 4.68 Å². The molecule has 1 aromatic rings. The second-order valence-electron chi connectivity index (χ2n) is 5.25. The van der Waals surface area contributed by atoms with Crippen molar-refractivity contribution in [3.05, 3.63) is 5.69 Å². The number of rotatable bonds is 4. The standard InChI is InChI=1S/C14H25N3O/c1-4-10-8-6-7-9-12(10)18-14-13(15)11(5-2)16-17(14)3/h10,12H,4-9,15H2,1-3H3. The molecule has 1 aromatic heterocycles. The molecule has 1 aliphatic carbocycles. The van der Waals surface area contributed by atoms with Gasteiger partial charge in [-0.2, -0.15) is 5.10 Å². The number of aromatic nitrogens is 2. The molecule has 0 saturated heterocycles. The first-order valence-corrected chi connectivity index (χ1v) is 7.15. The lowest BCUT2D eigenvalue weighted by atomic mass is 9.85. The van der Waals surface area contributed by atoms with Crippen molar-refractivity contribution in [3.63, 3.8) is 0 Å². The summed E-state index contributed by atoms with van der Waals surface area (Å²) in [5, 5.41) is 4.41. The molecular formula is C14H25N3O. The normalized spacial score (nSPS) is 24.2. The second-order valence-corrected chi connectivity index (χ2v) is 5.25. The zero-order valence-electron chi connectivity index (χ0n) is 11.8. The van der Waals surface area contributed by atoms with E-state index in [9.17, 15) is 0 Å². The van der Waals surface area contributed by atoms with E-state index in [4.69, 9.17) is 10.5 Å². The van der Waals surface area contributed by atoms with Gasteiger partial charge in [0.25, 0.3) is 0 Å². The molecule has 2 N–H and O–H groups in total. The maximum Gasteiger partial charge on any atom is 0.236 e. The van der Waals surface area contributed by atoms with Crippen LogP contribution in [0.3, 0.4) is 0 Å². The summed E-state index contributed by atoms with van der Waals surface area (Å²) in [5.74, 6) is 1.43. The maximum atomic E-state index is 6.18. The summed E-state index contributed by atoms with van der Waals surface area (Å²) in [4.78, 5) is 0. The first-order chi connectivity index (χ1) is 8.67. The number of nitrogens with two attached hydrogens (primary N) is 1. The Hall–Kier alpha value is -1.19. The summed E-state index contributed by atoms with van der Waals surface area (Å²) in [5.41, 5.74) is 7.77. The highest BCUT2D eigenvalue weighted by atomic mass is 16.5. The Morgan fingerprint density at radius 1 is 1.33 bits per heavy atom. The molecule has 1 aliphatic rings. The minimum Gasteiger partial charge on any atom is -0.473 e. The quantitative estimate of drug-likeness (QED) is 0.895. The predicted molar refractivity (Wildman–Crippen MR) is 73.7 cm³/mol. The van der Waals surface area contributed by atoms with Crippen molar-refractivity contribution < 1.29 is 4.74 Å². The third kappa shape index (κ3) is 2.47. The topological polar surface area (TPSA) is 53.1 Å². The Morgan fingerprint density at radius 2 is 2.06 bits per heavy atom. The van der Waals surface area contributed by atoms with Crippen molar-refractivity contribution >= 4 is 5.69 Å². The van der Waals surface area contributed by atoms with Crippen molar-refractivity contribution in [3.8, 4) is 5.88 Å². The molecular weight excluding hydrogens is 226 g/mol. The number of hydrogen-bond acceptors (Lipinski definition) is 3. The van der Waals surface area contributed by atoms with Crippen LogP contribution in [0.15, 0.2) is 0 Å². The van der Waals surface area contributed by atoms with E-state index in [1.165, 1.54) is 25.7 Å². The monoisotopic (exact) mass is 251 g/mol. The lowest BCUT2D eigenvalue weighted by Gasteiger charge is -2.31. The van der Waals surface area contributed by atoms with Crippen LogP contribution in [0.1, 0.15) is 51.6 Å². The number of aryl methyl sites for hydroxylation is 2. The molecule has 0 amide bonds. The Balaban J connectivity index is 2.15. The van der Waals surface area contributed by atoms with Gasteiger partial charge in [-0.05, 0) is 38.0 Å². The fraction of sp³-hybridized carbons (Fsp3) is 0.786. The van der Waals surface area contributed by atoms with Crippen molar-refractivity contribution in [2.75, 3.05) is 5.73 Å². The molecule has 4 heteroatoms. The smallest absolute Gasteiger partial charge is 0.236 e. The largest absolute Gasteiger partial charge is 0.473 e. The fourth-order valence-corrected chi connectivity index (χ4v) is 2.92. The lowest BCUT2D eigenvalue weighted by molar-refractivity contribution is 0.0823. The third-order valence-electron chi connectivity index (χ3n) is 4.07. The highest BCUT2D eigenvalue weighted by Gasteiger charge is 2.27. The van der Waals surface area contributed by atoms with Crippen molar-refractivity contribution in [1.82, 2.24) is 9.78 Å². The van der Waals surface area contributed by atoms with Gasteiger partial charge in [-0.15, -0.1) is 0 Å². The van der Waals surface area contributed by atoms with Gasteiger partial charge < -0.3 is 10.5 Å². The number of anilines is 1. The highest BCUT2D eigenvalue weighted by molar-refractivity contribution is 5.53. The van der Waals surface area contributed by atoms with Crippen LogP contribution in [0.25, 0.3) is 0 Å². The van der Waals surface area contributed by atoms with Gasteiger partial charge in [0.1, 0.15) is 11.8 Å². The lowest BCUT2D eigenvalue weighted by Crippen LogP contribution is -2.30. The number of nitrogen functional groups attached to an aromatic ring is 1. The summed E-state index contributed by atoms with van der Waals surface area (Å²) in [6.07, 6.45) is 7.36. The van der Waals surface area contributed by atoms with E-state index in [1.54, 1.807) is 4.68 Å². The fourth-order valence-electron chi connectivity index (χ4n) is 2.92. The number of nitrogens with zero attached hydrogens (tertiary/aromatic N) is 2. The van der Waals surface area contributed by atoms with E-state index >= 15 is 0 Å². The molecule has 0 spiro atoms. The average molecular weight is 251 g/mol. The van der Waals surface area contributed by atoms with E-state index in [2.05, 4.69) is 18.9 Å². The minimum atomic E-state index is 0.311. The van der Waals surface area contributed by atoms with Crippen molar-refractivity contribution in [2.24, 2.45) is 13.0 Å². The van der Waals surface area contributed by atoms with Gasteiger partial charge in [-0.3, -0.25) is 0 Å². The molecule has 0 aliphatic heterocycles. The van der Waals surface area contributed by atoms with Crippen LogP contribution >= 0.6 is 0 Å². The summed E-state index contributed by atoms with van der Waals surface area (Å²) in [7, 11) is 1.91. The molecule has 102 valence electrons. The molecule has 18 heavy (non-hydrogen) atoms. The molecule has 2 unspecified atom stereocenters. The summed E-state index contributed by atoms with van der Waals surface area (Å²) in [6, 6.07) is 0. The second kappa shape index (κ2) is 5.63. The van der Waals surface area contributed by atoms with E-state index < -0.39 is 0 Å². The average Bonchev–Trinajstić information content (AvgIpc) is 2.66. The molecule has 2 atom stereocenters. The van der Waals surface area contributed by atoms with Gasteiger partial charge in [0.05, 0.1) is 5.69 Å². The van der Waals surface area contributed by atoms with E-state index in [0.717, 1.165) is 30.1 Å². The van der Waals surface area contributed by atoms with Crippen LogP contribution in [0.4, 0.5) is 5.69 Å². The molecule has 0 radical (unpaired) electrons. The summed E-state index contributed by atoms with van der Waals surface area (Å²) >= 11 is 0. The Bertz CT molecular complexity index is 400. The molecule has 0 bridgehead atoms. The SMILES string of the molecule is CCc1nn(C)c(OC2CCCCC2CC)c1N. The predicted octanol–water partition coefficient (Wildman–Crippen LogP) is 2.91. The Labute approximate surface area is 110 Å². The van der Waals surface area contributed by atoms with E-state index in [1.807, 2.05) is 7.05 Å². The van der Waals surface area contributed by atoms with E-state index in [-0.39, 0.29) is 0 Å². The van der Waals surface area contributed by atoms with Gasteiger partial charge >= 0.3 is 0 Å². The zero-order valence-corrected chi connectivity index (χ0v) is 11.8. The zero-order chi connectivity index (χ0) is 13.1. The summed E-state index contributed by atoms with van der Waals surface area (Å²) < 4.78 is 7.97. The van der Waals surface area contributed by atoms with E-state index in [0.29, 0.717) is 12.0 Å². The minimum absolute atomic E-state index is 0.311. The van der Waals surface area contributed by atoms with Crippen LogP contribution in [-0.2, 0) is 13.5 Å². The van der Waals surface area contributed by atoms with Crippen molar-refractivity contribution in [2.45, 2.75) is 58.5 Å². The highest BCUT2D eigenvalue weighted by Crippen LogP contribution is 2.33. The van der Waals surface area contributed by atoms with Crippen LogP contribution in [0.2, 0.25) is 0 Å². The first-order valence-electron chi connectivity index (χ1n) is 7.15. The van der Waals surface area contributed by atoms with Gasteiger partial charge in [-0.1, -0.05) is 20.3 Å². The molecule has 0 aromatic carbocycles. The number of hydrogen-bond donors (Lipinski definition) is 1. The maximum absolute atomic E-state index is 6.18. The molecule has 4 nitrogen and oxygen atoms in total. The van der Waals surface area contributed by atoms with Crippen LogP contribution in [-0.4, -0.2) is 15.9 Å². The Kier molecular flexibility index (Phi) is 4.15. The summed E-state index contributed by atoms with van der Waals surface area (Å²) in [6.45, 7) is 4.31. The third-order valence-corrected chi connectivity index (χ3v) is 4.07. The van der Waals surface area contributed by atoms with Crippen molar-refractivity contribution in [1.29, 1.82) is 0 Å². The van der Waals surface area contributed by atoms with Gasteiger partial charge in [0.2, 0.25) is 5.88 Å². The van der Waals surface area contributed by atoms with Crippen LogP contribution in [0.5, 0.6) is 5.88 Å². The van der Waals surface area contributed by atoms with Gasteiger partial charge in [0, 0.05) is 7.05 Å². The molecule has 1 fully saturated rings. The number of ether oxygens (including phenoxy) is 1. The molecule has 1 saturated carbocycles. The van der Waals surface area contributed by atoms with Crippen LogP contribution < -0.4 is 10.5 Å².